The fraction of sp³-hybridized carbons (Fsp3) is 0.389. The Morgan fingerprint density at radius 3 is 2.81 bits per heavy atom. The van der Waals surface area contributed by atoms with Crippen molar-refractivity contribution in [3.8, 4) is 5.75 Å². The Balaban J connectivity index is 1.44. The van der Waals surface area contributed by atoms with Crippen molar-refractivity contribution in [3.63, 3.8) is 0 Å². The molecule has 2 aromatic rings. The summed E-state index contributed by atoms with van der Waals surface area (Å²) in [6, 6.07) is 9.00. The Bertz CT molecular complexity index is 941. The van der Waals surface area contributed by atoms with Crippen molar-refractivity contribution < 1.29 is 22.7 Å². The molecule has 27 heavy (non-hydrogen) atoms. The summed E-state index contributed by atoms with van der Waals surface area (Å²) in [5.74, 6) is 0.186. The van der Waals surface area contributed by atoms with Gasteiger partial charge in [-0.3, -0.25) is 0 Å². The third kappa shape index (κ3) is 3.65. The quantitative estimate of drug-likeness (QED) is 0.834. The molecule has 0 aliphatic carbocycles. The van der Waals surface area contributed by atoms with Crippen molar-refractivity contribution in [1.29, 1.82) is 0 Å². The van der Waals surface area contributed by atoms with Gasteiger partial charge in [-0.15, -0.1) is 0 Å². The second-order valence-corrected chi connectivity index (χ2v) is 8.58. The van der Waals surface area contributed by atoms with Gasteiger partial charge >= 0.3 is 6.09 Å². The first-order valence-corrected chi connectivity index (χ1v) is 10.2. The number of likely N-dealkylation sites (tertiary alicyclic amines) is 1. The van der Waals surface area contributed by atoms with Crippen LogP contribution in [0.3, 0.4) is 0 Å². The summed E-state index contributed by atoms with van der Waals surface area (Å²) >= 11 is 0. The maximum absolute atomic E-state index is 12.6. The number of benzene rings is 1. The minimum atomic E-state index is -3.71. The van der Waals surface area contributed by atoms with Crippen molar-refractivity contribution in [2.45, 2.75) is 17.5 Å². The maximum atomic E-state index is 12.6. The Labute approximate surface area is 157 Å². The third-order valence-corrected chi connectivity index (χ3v) is 6.34. The Morgan fingerprint density at radius 1 is 1.26 bits per heavy atom. The Kier molecular flexibility index (Phi) is 4.56. The zero-order valence-corrected chi connectivity index (χ0v) is 15.7. The van der Waals surface area contributed by atoms with Crippen molar-refractivity contribution in [2.75, 3.05) is 19.7 Å². The first-order chi connectivity index (χ1) is 12.9. The molecule has 2 unspecified atom stereocenters. The molecule has 1 fully saturated rings. The van der Waals surface area contributed by atoms with Gasteiger partial charge in [-0.2, -0.15) is 0 Å². The second-order valence-electron chi connectivity index (χ2n) is 6.90. The molecule has 144 valence electrons. The molecule has 1 aromatic carbocycles. The number of ether oxygens (including phenoxy) is 2. The van der Waals surface area contributed by atoms with Crippen LogP contribution in [0.2, 0.25) is 0 Å². The van der Waals surface area contributed by atoms with Crippen molar-refractivity contribution in [2.24, 2.45) is 13.0 Å². The van der Waals surface area contributed by atoms with Gasteiger partial charge in [-0.25, -0.2) is 17.9 Å². The van der Waals surface area contributed by atoms with Gasteiger partial charge in [0.2, 0.25) is 10.0 Å². The smallest absolute Gasteiger partial charge is 0.410 e. The second kappa shape index (κ2) is 6.90. The van der Waals surface area contributed by atoms with E-state index in [1.54, 1.807) is 17.8 Å². The number of aryl methyl sites for hydroxylation is 1. The number of carbonyl (C=O) groups is 1. The maximum Gasteiger partial charge on any atom is 0.410 e. The number of carbonyl (C=O) groups excluding carboxylic acids is 1. The number of nitrogens with zero attached hydrogens (tertiary/aromatic N) is 2. The lowest BCUT2D eigenvalue weighted by molar-refractivity contribution is 0.102. The van der Waals surface area contributed by atoms with Crippen LogP contribution in [-0.4, -0.2) is 49.7 Å². The summed E-state index contributed by atoms with van der Waals surface area (Å²) in [5.41, 5.74) is 0.899. The third-order valence-electron chi connectivity index (χ3n) is 4.84. The topological polar surface area (TPSA) is 89.9 Å². The highest BCUT2D eigenvalue weighted by Crippen LogP contribution is 2.30. The molecule has 1 saturated heterocycles. The van der Waals surface area contributed by atoms with E-state index in [4.69, 9.17) is 9.47 Å². The van der Waals surface area contributed by atoms with E-state index in [-0.39, 0.29) is 24.0 Å². The first-order valence-electron chi connectivity index (χ1n) is 8.69. The molecule has 1 aromatic heterocycles. The number of rotatable bonds is 2. The van der Waals surface area contributed by atoms with Crippen LogP contribution < -0.4 is 9.46 Å². The highest BCUT2D eigenvalue weighted by Gasteiger charge is 2.41. The van der Waals surface area contributed by atoms with E-state index in [9.17, 15) is 13.2 Å². The van der Waals surface area contributed by atoms with Gasteiger partial charge in [0.15, 0.2) is 5.75 Å². The first kappa shape index (κ1) is 17.9. The molecule has 8 nitrogen and oxygen atoms in total. The standard InChI is InChI=1S/C18H21N3O5S/c1-20-9-16-17(10-20)27(23,24)19-15-8-21(7-14(15)12-25-16)18(22)26-11-13-5-3-2-4-6-13/h2-6,9-10,14-15,19H,7-8,11-12H2,1H3. The van der Waals surface area contributed by atoms with E-state index in [0.29, 0.717) is 18.9 Å². The summed E-state index contributed by atoms with van der Waals surface area (Å²) in [4.78, 5) is 14.0. The lowest BCUT2D eigenvalue weighted by Gasteiger charge is -2.22. The molecular formula is C18H21N3O5S. The molecule has 0 saturated carbocycles. The number of amides is 1. The molecule has 2 aliphatic heterocycles. The van der Waals surface area contributed by atoms with Crippen LogP contribution in [0.5, 0.6) is 5.75 Å². The minimum absolute atomic E-state index is 0.119. The molecule has 4 rings (SSSR count). The predicted octanol–water partition coefficient (Wildman–Crippen LogP) is 1.33. The van der Waals surface area contributed by atoms with Crippen LogP contribution in [0.15, 0.2) is 47.6 Å². The van der Waals surface area contributed by atoms with Gasteiger partial charge in [-0.05, 0) is 5.56 Å². The van der Waals surface area contributed by atoms with E-state index in [1.165, 1.54) is 11.1 Å². The van der Waals surface area contributed by atoms with Crippen LogP contribution >= 0.6 is 0 Å². The van der Waals surface area contributed by atoms with Crippen LogP contribution in [0.25, 0.3) is 0 Å². The van der Waals surface area contributed by atoms with Crippen molar-refractivity contribution >= 4 is 16.1 Å². The molecule has 9 heteroatoms. The van der Waals surface area contributed by atoms with E-state index >= 15 is 0 Å². The number of sulfonamides is 1. The average molecular weight is 391 g/mol. The van der Waals surface area contributed by atoms with Crippen LogP contribution in [0.4, 0.5) is 4.79 Å². The normalized spacial score (nSPS) is 23.5. The molecule has 1 amide bonds. The lowest BCUT2D eigenvalue weighted by Crippen LogP contribution is -2.43. The summed E-state index contributed by atoms with van der Waals surface area (Å²) in [6.07, 6.45) is 2.69. The predicted molar refractivity (Wildman–Crippen MR) is 96.7 cm³/mol. The van der Waals surface area contributed by atoms with Crippen molar-refractivity contribution in [1.82, 2.24) is 14.2 Å². The van der Waals surface area contributed by atoms with E-state index < -0.39 is 22.2 Å². The number of hydrogen-bond acceptors (Lipinski definition) is 5. The van der Waals surface area contributed by atoms with Gasteiger partial charge in [0.05, 0.1) is 6.61 Å². The van der Waals surface area contributed by atoms with Gasteiger partial charge in [0, 0.05) is 44.5 Å². The highest BCUT2D eigenvalue weighted by molar-refractivity contribution is 7.89. The summed E-state index contributed by atoms with van der Waals surface area (Å²) in [5, 5.41) is 0. The monoisotopic (exact) mass is 391 g/mol. The van der Waals surface area contributed by atoms with Crippen LogP contribution in [0, 0.1) is 5.92 Å². The average Bonchev–Trinajstić information content (AvgIpc) is 3.21. The summed E-state index contributed by atoms with van der Waals surface area (Å²) in [7, 11) is -1.97. The van der Waals surface area contributed by atoms with Crippen LogP contribution in [0.1, 0.15) is 5.56 Å². The summed E-state index contributed by atoms with van der Waals surface area (Å²) < 4.78 is 40.8. The van der Waals surface area contributed by atoms with Crippen molar-refractivity contribution in [3.05, 3.63) is 48.3 Å². The zero-order valence-electron chi connectivity index (χ0n) is 14.9. The Morgan fingerprint density at radius 2 is 2.04 bits per heavy atom. The molecule has 3 heterocycles. The minimum Gasteiger partial charge on any atom is -0.490 e. The van der Waals surface area contributed by atoms with Gasteiger partial charge < -0.3 is 18.9 Å². The fourth-order valence-electron chi connectivity index (χ4n) is 3.44. The largest absolute Gasteiger partial charge is 0.490 e. The number of aromatic nitrogens is 1. The summed E-state index contributed by atoms with van der Waals surface area (Å²) in [6.45, 7) is 1.14. The van der Waals surface area contributed by atoms with Gasteiger partial charge in [-0.1, -0.05) is 30.3 Å². The van der Waals surface area contributed by atoms with Gasteiger partial charge in [0.25, 0.3) is 0 Å². The Hall–Kier alpha value is -2.52. The molecular weight excluding hydrogens is 370 g/mol. The molecule has 0 spiro atoms. The molecule has 1 N–H and O–H groups in total. The van der Waals surface area contributed by atoms with E-state index in [2.05, 4.69) is 4.72 Å². The zero-order chi connectivity index (χ0) is 19.0. The molecule has 0 radical (unpaired) electrons. The molecule has 2 atom stereocenters. The highest BCUT2D eigenvalue weighted by atomic mass is 32.2. The van der Waals surface area contributed by atoms with E-state index in [0.717, 1.165) is 5.56 Å². The number of nitrogens with one attached hydrogen (secondary N) is 1. The van der Waals surface area contributed by atoms with E-state index in [1.807, 2.05) is 30.3 Å². The van der Waals surface area contributed by atoms with Gasteiger partial charge in [0.1, 0.15) is 11.5 Å². The number of fused-ring (bicyclic) bond motifs is 2. The molecule has 2 aliphatic rings. The fourth-order valence-corrected chi connectivity index (χ4v) is 4.91. The van der Waals surface area contributed by atoms with Crippen LogP contribution in [-0.2, 0) is 28.4 Å². The number of hydrogen-bond donors (Lipinski definition) is 1. The molecule has 0 bridgehead atoms. The lowest BCUT2D eigenvalue weighted by atomic mass is 10.1. The SMILES string of the molecule is Cn1cc2c(c1)S(=O)(=O)NC1CN(C(=O)OCc3ccccc3)CC1CO2.